The molecule has 0 radical (unpaired) electrons. The van der Waals surface area contributed by atoms with Crippen LogP contribution in [0.4, 0.5) is 5.69 Å². The molecule has 0 aliphatic carbocycles. The van der Waals surface area contributed by atoms with Crippen LogP contribution in [-0.4, -0.2) is 25.8 Å². The van der Waals surface area contributed by atoms with Crippen LogP contribution in [0, 0.1) is 0 Å². The van der Waals surface area contributed by atoms with E-state index in [1.54, 1.807) is 0 Å². The lowest BCUT2D eigenvalue weighted by molar-refractivity contribution is 0.0293. The molecule has 4 nitrogen and oxygen atoms in total. The van der Waals surface area contributed by atoms with Crippen LogP contribution in [0.15, 0.2) is 28.9 Å². The van der Waals surface area contributed by atoms with E-state index in [2.05, 4.69) is 5.32 Å². The van der Waals surface area contributed by atoms with Crippen LogP contribution < -0.4 is 11.1 Å². The Kier molecular flexibility index (Phi) is 2.74. The number of nitrogens with one attached hydrogen (secondary N) is 1. The van der Waals surface area contributed by atoms with Gasteiger partial charge in [0, 0.05) is 42.2 Å². The van der Waals surface area contributed by atoms with Gasteiger partial charge in [0.05, 0.1) is 19.0 Å². The summed E-state index contributed by atoms with van der Waals surface area (Å²) < 4.78 is 11.2. The summed E-state index contributed by atoms with van der Waals surface area (Å²) in [7, 11) is 0. The van der Waals surface area contributed by atoms with E-state index < -0.39 is 0 Å². The van der Waals surface area contributed by atoms with Crippen molar-refractivity contribution in [2.45, 2.75) is 12.5 Å². The van der Waals surface area contributed by atoms with Gasteiger partial charge in [0.1, 0.15) is 5.58 Å². The van der Waals surface area contributed by atoms with Gasteiger partial charge < -0.3 is 20.2 Å². The summed E-state index contributed by atoms with van der Waals surface area (Å²) in [6.45, 7) is 2.63. The summed E-state index contributed by atoms with van der Waals surface area (Å²) in [5, 5.41) is 4.46. The minimum Gasteiger partial charge on any atom is -0.464 e. The van der Waals surface area contributed by atoms with Crippen LogP contribution >= 0.6 is 0 Å². The fourth-order valence-electron chi connectivity index (χ4n) is 2.25. The zero-order valence-corrected chi connectivity index (χ0v) is 9.61. The van der Waals surface area contributed by atoms with Crippen LogP contribution in [0.5, 0.6) is 0 Å². The van der Waals surface area contributed by atoms with Crippen molar-refractivity contribution in [3.05, 3.63) is 30.0 Å². The Morgan fingerprint density at radius 1 is 1.41 bits per heavy atom. The van der Waals surface area contributed by atoms with Crippen molar-refractivity contribution in [1.29, 1.82) is 0 Å². The average molecular weight is 232 g/mol. The molecule has 2 aromatic rings. The molecule has 2 heterocycles. The molecule has 0 spiro atoms. The van der Waals surface area contributed by atoms with Gasteiger partial charge in [-0.25, -0.2) is 0 Å². The number of fused-ring (bicyclic) bond motifs is 1. The highest BCUT2D eigenvalue weighted by molar-refractivity contribution is 5.83. The largest absolute Gasteiger partial charge is 0.464 e. The second-order valence-corrected chi connectivity index (χ2v) is 4.42. The van der Waals surface area contributed by atoms with E-state index in [4.69, 9.17) is 14.9 Å². The normalized spacial score (nSPS) is 20.8. The quantitative estimate of drug-likeness (QED) is 0.771. The van der Waals surface area contributed by atoms with Gasteiger partial charge in [-0.15, -0.1) is 0 Å². The van der Waals surface area contributed by atoms with Crippen molar-refractivity contribution in [1.82, 2.24) is 5.32 Å². The molecular formula is C13H16N2O2. The number of benzene rings is 1. The molecule has 0 saturated carbocycles. The zero-order valence-electron chi connectivity index (χ0n) is 9.61. The molecular weight excluding hydrogens is 216 g/mol. The summed E-state index contributed by atoms with van der Waals surface area (Å²) in [6.07, 6.45) is 2.92. The van der Waals surface area contributed by atoms with Crippen molar-refractivity contribution >= 4 is 16.7 Å². The second-order valence-electron chi connectivity index (χ2n) is 4.42. The van der Waals surface area contributed by atoms with Crippen molar-refractivity contribution in [2.24, 2.45) is 0 Å². The fourth-order valence-corrected chi connectivity index (χ4v) is 2.25. The lowest BCUT2D eigenvalue weighted by Gasteiger charge is -2.23. The molecule has 1 unspecified atom stereocenters. The molecule has 1 fully saturated rings. The highest BCUT2D eigenvalue weighted by atomic mass is 16.5. The Bertz CT molecular complexity index is 515. The van der Waals surface area contributed by atoms with Crippen LogP contribution in [-0.2, 0) is 11.2 Å². The number of furan rings is 1. The molecule has 4 heteroatoms. The summed E-state index contributed by atoms with van der Waals surface area (Å²) in [5.41, 5.74) is 8.49. The third-order valence-corrected chi connectivity index (χ3v) is 3.13. The summed E-state index contributed by atoms with van der Waals surface area (Å²) >= 11 is 0. The van der Waals surface area contributed by atoms with Crippen LogP contribution in [0.1, 0.15) is 5.56 Å². The first-order chi connectivity index (χ1) is 8.33. The maximum Gasteiger partial charge on any atom is 0.136 e. The van der Waals surface area contributed by atoms with E-state index in [9.17, 15) is 0 Å². The average Bonchev–Trinajstić information content (AvgIpc) is 2.73. The van der Waals surface area contributed by atoms with E-state index >= 15 is 0 Å². The maximum atomic E-state index is 5.72. The van der Waals surface area contributed by atoms with Gasteiger partial charge in [0.15, 0.2) is 0 Å². The van der Waals surface area contributed by atoms with E-state index in [-0.39, 0.29) is 6.10 Å². The van der Waals surface area contributed by atoms with E-state index in [0.717, 1.165) is 42.8 Å². The molecule has 1 aromatic heterocycles. The molecule has 1 aromatic carbocycles. The van der Waals surface area contributed by atoms with Gasteiger partial charge in [0.25, 0.3) is 0 Å². The Balaban J connectivity index is 1.84. The van der Waals surface area contributed by atoms with E-state index in [0.29, 0.717) is 0 Å². The molecule has 1 aliphatic heterocycles. The second kappa shape index (κ2) is 4.39. The minimum absolute atomic E-state index is 0.238. The highest BCUT2D eigenvalue weighted by Gasteiger charge is 2.16. The molecule has 1 saturated heterocycles. The molecule has 3 N–H and O–H groups in total. The van der Waals surface area contributed by atoms with Crippen LogP contribution in [0.2, 0.25) is 0 Å². The summed E-state index contributed by atoms with van der Waals surface area (Å²) in [6, 6.07) is 5.78. The van der Waals surface area contributed by atoms with E-state index in [1.807, 2.05) is 24.5 Å². The molecule has 3 rings (SSSR count). The Morgan fingerprint density at radius 2 is 2.35 bits per heavy atom. The third kappa shape index (κ3) is 2.14. The Labute approximate surface area is 99.7 Å². The number of ether oxygens (including phenoxy) is 1. The van der Waals surface area contributed by atoms with Gasteiger partial charge in [-0.2, -0.15) is 0 Å². The Morgan fingerprint density at radius 3 is 3.18 bits per heavy atom. The molecule has 90 valence electrons. The summed E-state index contributed by atoms with van der Waals surface area (Å²) in [5.74, 6) is 0. The lowest BCUT2D eigenvalue weighted by Crippen LogP contribution is -2.39. The van der Waals surface area contributed by atoms with Gasteiger partial charge in [0.2, 0.25) is 0 Å². The number of anilines is 1. The molecule has 1 atom stereocenters. The predicted molar refractivity (Wildman–Crippen MR) is 66.9 cm³/mol. The predicted octanol–water partition coefficient (Wildman–Crippen LogP) is 1.55. The monoisotopic (exact) mass is 232 g/mol. The lowest BCUT2D eigenvalue weighted by atomic mass is 10.1. The summed E-state index contributed by atoms with van der Waals surface area (Å²) in [4.78, 5) is 0. The smallest absolute Gasteiger partial charge is 0.136 e. The number of nitrogen functional groups attached to an aromatic ring is 1. The van der Waals surface area contributed by atoms with Crippen LogP contribution in [0.3, 0.4) is 0 Å². The van der Waals surface area contributed by atoms with E-state index in [1.165, 1.54) is 5.56 Å². The Hall–Kier alpha value is -1.52. The number of nitrogens with two attached hydrogens (primary N) is 1. The number of hydrogen-bond donors (Lipinski definition) is 2. The zero-order chi connectivity index (χ0) is 11.7. The fraction of sp³-hybridized carbons (Fsp3) is 0.385. The molecule has 0 amide bonds. The van der Waals surface area contributed by atoms with Crippen molar-refractivity contribution in [2.75, 3.05) is 25.4 Å². The minimum atomic E-state index is 0.238. The number of rotatable bonds is 2. The van der Waals surface area contributed by atoms with Crippen LogP contribution in [0.25, 0.3) is 11.0 Å². The first kappa shape index (κ1) is 10.6. The SMILES string of the molecule is Nc1ccc2c(CC3CNCCO3)coc2c1. The van der Waals surface area contributed by atoms with Crippen molar-refractivity contribution in [3.8, 4) is 0 Å². The highest BCUT2D eigenvalue weighted by Crippen LogP contribution is 2.24. The molecule has 17 heavy (non-hydrogen) atoms. The molecule has 0 bridgehead atoms. The first-order valence-corrected chi connectivity index (χ1v) is 5.91. The topological polar surface area (TPSA) is 60.4 Å². The van der Waals surface area contributed by atoms with Gasteiger partial charge in [-0.05, 0) is 12.1 Å². The van der Waals surface area contributed by atoms with Crippen molar-refractivity contribution < 1.29 is 9.15 Å². The standard InChI is InChI=1S/C13H16N2O2/c14-10-1-2-12-9(8-17-13(12)6-10)5-11-7-15-3-4-16-11/h1-2,6,8,11,15H,3-5,7,14H2. The first-order valence-electron chi connectivity index (χ1n) is 5.91. The third-order valence-electron chi connectivity index (χ3n) is 3.13. The van der Waals surface area contributed by atoms with Gasteiger partial charge >= 0.3 is 0 Å². The van der Waals surface area contributed by atoms with Gasteiger partial charge in [-0.3, -0.25) is 0 Å². The number of morpholine rings is 1. The number of hydrogen-bond acceptors (Lipinski definition) is 4. The maximum absolute atomic E-state index is 5.72. The van der Waals surface area contributed by atoms with Crippen molar-refractivity contribution in [3.63, 3.8) is 0 Å². The van der Waals surface area contributed by atoms with Gasteiger partial charge in [-0.1, -0.05) is 0 Å². The molecule has 1 aliphatic rings.